The van der Waals surface area contributed by atoms with Crippen LogP contribution in [0.25, 0.3) is 0 Å². The number of nitrogens with zero attached hydrogens (tertiary/aromatic N) is 2. The number of nitrogens with one attached hydrogen (secondary N) is 2. The van der Waals surface area contributed by atoms with Crippen molar-refractivity contribution in [2.75, 3.05) is 31.5 Å². The first kappa shape index (κ1) is 28.4. The molecule has 4 rings (SSSR count). The van der Waals surface area contributed by atoms with Crippen molar-refractivity contribution in [2.24, 2.45) is 0 Å². The van der Waals surface area contributed by atoms with Gasteiger partial charge in [-0.25, -0.2) is 13.2 Å². The first-order valence-electron chi connectivity index (χ1n) is 11.7. The number of hydrogen-bond acceptors (Lipinski definition) is 4. The van der Waals surface area contributed by atoms with E-state index in [0.717, 1.165) is 11.1 Å². The van der Waals surface area contributed by atoms with Crippen molar-refractivity contribution >= 4 is 66.8 Å². The fourth-order valence-corrected chi connectivity index (χ4v) is 7.30. The van der Waals surface area contributed by atoms with Crippen molar-refractivity contribution in [1.29, 1.82) is 0 Å². The molecule has 0 aromatic heterocycles. The molecule has 0 unspecified atom stereocenters. The predicted molar refractivity (Wildman–Crippen MR) is 152 cm³/mol. The second-order valence-corrected chi connectivity index (χ2v) is 12.4. The maximum Gasteiger partial charge on any atom is 0.317 e. The number of hydrogen-bond donors (Lipinski definition) is 2. The van der Waals surface area contributed by atoms with E-state index in [-0.39, 0.29) is 59.6 Å². The van der Waals surface area contributed by atoms with Crippen LogP contribution in [0, 0.1) is 6.92 Å². The molecule has 0 bridgehead atoms. The van der Waals surface area contributed by atoms with E-state index >= 15 is 0 Å². The molecule has 12 heteroatoms. The third-order valence-corrected chi connectivity index (χ3v) is 9.31. The third kappa shape index (κ3) is 6.68. The molecular weight excluding hydrogens is 615 g/mol. The zero-order valence-corrected chi connectivity index (χ0v) is 24.3. The molecule has 1 aliphatic heterocycles. The van der Waals surface area contributed by atoms with Crippen molar-refractivity contribution in [2.45, 2.75) is 18.4 Å². The highest BCUT2D eigenvalue weighted by Crippen LogP contribution is 2.35. The van der Waals surface area contributed by atoms with Crippen LogP contribution >= 0.6 is 39.1 Å². The lowest BCUT2D eigenvalue weighted by molar-refractivity contribution is 0.102. The van der Waals surface area contributed by atoms with E-state index in [9.17, 15) is 18.0 Å². The predicted octanol–water partition coefficient (Wildman–Crippen LogP) is 5.53. The van der Waals surface area contributed by atoms with Gasteiger partial charge in [0, 0.05) is 48.4 Å². The van der Waals surface area contributed by atoms with Crippen LogP contribution in [0.4, 0.5) is 10.5 Å². The summed E-state index contributed by atoms with van der Waals surface area (Å²) in [5.41, 5.74) is 3.05. The van der Waals surface area contributed by atoms with E-state index in [2.05, 4.69) is 26.6 Å². The summed E-state index contributed by atoms with van der Waals surface area (Å²) in [5.74, 6) is -0.218. The van der Waals surface area contributed by atoms with Gasteiger partial charge >= 0.3 is 6.03 Å². The fourth-order valence-electron chi connectivity index (χ4n) is 3.99. The van der Waals surface area contributed by atoms with Crippen LogP contribution in [0.5, 0.6) is 0 Å². The van der Waals surface area contributed by atoms with E-state index in [1.54, 1.807) is 35.2 Å². The summed E-state index contributed by atoms with van der Waals surface area (Å²) in [4.78, 5) is 26.7. The fraction of sp³-hybridized carbons (Fsp3) is 0.231. The summed E-state index contributed by atoms with van der Waals surface area (Å²) in [6.45, 7) is 2.85. The van der Waals surface area contributed by atoms with E-state index in [0.29, 0.717) is 15.7 Å². The molecular formula is C26H25BrCl2N4O4S. The number of sulfonamides is 1. The van der Waals surface area contributed by atoms with Gasteiger partial charge in [0.1, 0.15) is 4.90 Å². The van der Waals surface area contributed by atoms with Gasteiger partial charge in [0.25, 0.3) is 5.91 Å². The molecule has 1 fully saturated rings. The van der Waals surface area contributed by atoms with Gasteiger partial charge in [-0.3, -0.25) is 4.79 Å². The third-order valence-electron chi connectivity index (χ3n) is 6.03. The summed E-state index contributed by atoms with van der Waals surface area (Å²) >= 11 is 15.6. The Morgan fingerprint density at radius 2 is 1.58 bits per heavy atom. The van der Waals surface area contributed by atoms with E-state index in [4.69, 9.17) is 23.2 Å². The zero-order valence-electron chi connectivity index (χ0n) is 20.4. The van der Waals surface area contributed by atoms with Crippen molar-refractivity contribution in [3.05, 3.63) is 91.9 Å². The monoisotopic (exact) mass is 638 g/mol. The summed E-state index contributed by atoms with van der Waals surface area (Å²) in [5, 5.41) is 5.78. The maximum atomic E-state index is 13.1. The average Bonchev–Trinajstić information content (AvgIpc) is 2.87. The van der Waals surface area contributed by atoms with Gasteiger partial charge < -0.3 is 15.5 Å². The number of carbonyl (C=O) groups is 2. The Labute approximate surface area is 240 Å². The molecule has 200 valence electrons. The normalized spacial score (nSPS) is 14.3. The number of carbonyl (C=O) groups excluding carboxylic acids is 2. The van der Waals surface area contributed by atoms with Crippen molar-refractivity contribution < 1.29 is 18.0 Å². The minimum atomic E-state index is -3.93. The molecule has 3 aromatic rings. The molecule has 1 saturated heterocycles. The van der Waals surface area contributed by atoms with E-state index in [1.807, 2.05) is 25.1 Å². The van der Waals surface area contributed by atoms with Crippen molar-refractivity contribution in [3.63, 3.8) is 0 Å². The molecule has 1 heterocycles. The second-order valence-electron chi connectivity index (χ2n) is 8.77. The van der Waals surface area contributed by atoms with Gasteiger partial charge in [-0.05, 0) is 48.9 Å². The number of benzene rings is 3. The number of halogens is 3. The Balaban J connectivity index is 1.31. The van der Waals surface area contributed by atoms with Crippen LogP contribution < -0.4 is 10.6 Å². The molecule has 0 atom stereocenters. The number of aryl methyl sites for hydroxylation is 1. The lowest BCUT2D eigenvalue weighted by Gasteiger charge is -2.34. The summed E-state index contributed by atoms with van der Waals surface area (Å²) in [7, 11) is -3.93. The minimum absolute atomic E-state index is 0.0295. The minimum Gasteiger partial charge on any atom is -0.334 e. The topological polar surface area (TPSA) is 98.8 Å². The summed E-state index contributed by atoms with van der Waals surface area (Å²) < 4.78 is 28.1. The highest BCUT2D eigenvalue weighted by molar-refractivity contribution is 9.10. The first-order valence-corrected chi connectivity index (χ1v) is 14.7. The number of piperazine rings is 1. The SMILES string of the molecule is Cc1ccc(C(=O)Nc2cccc(CNC(=O)N3CCN(S(=O)(=O)c4c(Cl)cc(Br)cc4Cl)CC3)c2)cc1. The van der Waals surface area contributed by atoms with Crippen LogP contribution in [0.2, 0.25) is 10.0 Å². The second kappa shape index (κ2) is 12.0. The van der Waals surface area contributed by atoms with Gasteiger partial charge in [0.15, 0.2) is 0 Å². The Morgan fingerprint density at radius 1 is 0.947 bits per heavy atom. The molecule has 38 heavy (non-hydrogen) atoms. The molecule has 3 amide bonds. The largest absolute Gasteiger partial charge is 0.334 e. The molecule has 3 aromatic carbocycles. The van der Waals surface area contributed by atoms with Crippen LogP contribution in [-0.4, -0.2) is 55.7 Å². The van der Waals surface area contributed by atoms with Crippen molar-refractivity contribution in [3.8, 4) is 0 Å². The molecule has 0 radical (unpaired) electrons. The maximum absolute atomic E-state index is 13.1. The Morgan fingerprint density at radius 3 is 2.21 bits per heavy atom. The molecule has 8 nitrogen and oxygen atoms in total. The average molecular weight is 640 g/mol. The first-order chi connectivity index (χ1) is 18.0. The van der Waals surface area contributed by atoms with Crippen LogP contribution in [0.1, 0.15) is 21.5 Å². The zero-order chi connectivity index (χ0) is 27.4. The highest BCUT2D eigenvalue weighted by Gasteiger charge is 2.33. The Hall–Kier alpha value is -2.63. The standard InChI is InChI=1S/C26H25BrCl2N4O4S/c1-17-5-7-19(8-6-17)25(34)31-21-4-2-3-18(13-21)16-30-26(35)32-9-11-33(12-10-32)38(36,37)24-22(28)14-20(27)15-23(24)29/h2-8,13-15H,9-12,16H2,1H3,(H,30,35)(H,31,34). The summed E-state index contributed by atoms with van der Waals surface area (Å²) in [6, 6.07) is 17.2. The smallest absolute Gasteiger partial charge is 0.317 e. The highest BCUT2D eigenvalue weighted by atomic mass is 79.9. The Kier molecular flexibility index (Phi) is 9.00. The van der Waals surface area contributed by atoms with Gasteiger partial charge in [-0.15, -0.1) is 0 Å². The van der Waals surface area contributed by atoms with E-state index in [1.165, 1.54) is 16.4 Å². The molecule has 0 saturated carbocycles. The number of amides is 3. The Bertz CT molecular complexity index is 1440. The van der Waals surface area contributed by atoms with E-state index < -0.39 is 10.0 Å². The van der Waals surface area contributed by atoms with Crippen LogP contribution in [0.3, 0.4) is 0 Å². The summed E-state index contributed by atoms with van der Waals surface area (Å²) in [6.07, 6.45) is 0. The number of anilines is 1. The number of urea groups is 1. The molecule has 1 aliphatic rings. The van der Waals surface area contributed by atoms with Gasteiger partial charge in [-0.1, -0.05) is 69.0 Å². The lowest BCUT2D eigenvalue weighted by atomic mass is 10.1. The van der Waals surface area contributed by atoms with Crippen LogP contribution in [-0.2, 0) is 16.6 Å². The van der Waals surface area contributed by atoms with Crippen molar-refractivity contribution in [1.82, 2.24) is 14.5 Å². The molecule has 0 spiro atoms. The lowest BCUT2D eigenvalue weighted by Crippen LogP contribution is -2.53. The van der Waals surface area contributed by atoms with Crippen LogP contribution in [0.15, 0.2) is 70.0 Å². The molecule has 0 aliphatic carbocycles. The molecule has 2 N–H and O–H groups in total. The van der Waals surface area contributed by atoms with Gasteiger partial charge in [-0.2, -0.15) is 4.31 Å². The number of rotatable bonds is 6. The van der Waals surface area contributed by atoms with Gasteiger partial charge in [0.05, 0.1) is 10.0 Å². The van der Waals surface area contributed by atoms with Gasteiger partial charge in [0.2, 0.25) is 10.0 Å². The quantitative estimate of drug-likeness (QED) is 0.370.